The molecular formula is C18H21BrN2O3S2. The maximum absolute atomic E-state index is 12.8. The van der Waals surface area contributed by atoms with Gasteiger partial charge in [0.05, 0.1) is 15.2 Å². The van der Waals surface area contributed by atoms with Crippen LogP contribution in [0.4, 0.5) is 0 Å². The third-order valence-corrected chi connectivity index (χ3v) is 7.98. The molecule has 3 rings (SSSR count). The molecule has 1 N–H and O–H groups in total. The van der Waals surface area contributed by atoms with E-state index >= 15 is 0 Å². The third-order valence-electron chi connectivity index (χ3n) is 4.46. The molecule has 1 aliphatic heterocycles. The van der Waals surface area contributed by atoms with E-state index in [0.717, 1.165) is 33.5 Å². The largest absolute Gasteiger partial charge is 0.347 e. The van der Waals surface area contributed by atoms with E-state index in [2.05, 4.69) is 21.2 Å². The van der Waals surface area contributed by atoms with Crippen molar-refractivity contribution in [3.05, 3.63) is 50.1 Å². The van der Waals surface area contributed by atoms with Gasteiger partial charge in [0.2, 0.25) is 10.0 Å². The second-order valence-electron chi connectivity index (χ2n) is 6.33. The number of amides is 1. The molecule has 26 heavy (non-hydrogen) atoms. The number of piperidine rings is 1. The van der Waals surface area contributed by atoms with Crippen molar-refractivity contribution < 1.29 is 13.2 Å². The van der Waals surface area contributed by atoms with Crippen LogP contribution in [0.3, 0.4) is 0 Å². The molecule has 140 valence electrons. The van der Waals surface area contributed by atoms with Gasteiger partial charge in [0.25, 0.3) is 5.91 Å². The first-order chi connectivity index (χ1) is 12.4. The molecule has 0 aliphatic carbocycles. The van der Waals surface area contributed by atoms with Crippen molar-refractivity contribution in [1.82, 2.24) is 9.62 Å². The van der Waals surface area contributed by atoms with Crippen LogP contribution in [0.1, 0.15) is 40.1 Å². The maximum Gasteiger partial charge on any atom is 0.251 e. The lowest BCUT2D eigenvalue weighted by Crippen LogP contribution is -2.35. The van der Waals surface area contributed by atoms with Gasteiger partial charge in [-0.3, -0.25) is 4.79 Å². The molecule has 0 atom stereocenters. The lowest BCUT2D eigenvalue weighted by atomic mass is 10.1. The molecule has 0 spiro atoms. The van der Waals surface area contributed by atoms with E-state index in [4.69, 9.17) is 0 Å². The second-order valence-corrected chi connectivity index (χ2v) is 10.8. The summed E-state index contributed by atoms with van der Waals surface area (Å²) in [6, 6.07) is 8.67. The summed E-state index contributed by atoms with van der Waals surface area (Å²) in [6.07, 6.45) is 2.83. The Balaban J connectivity index is 1.79. The summed E-state index contributed by atoms with van der Waals surface area (Å²) in [7, 11) is -3.55. The zero-order chi connectivity index (χ0) is 18.7. The van der Waals surface area contributed by atoms with Gasteiger partial charge < -0.3 is 5.32 Å². The van der Waals surface area contributed by atoms with Crippen molar-refractivity contribution in [2.75, 3.05) is 13.1 Å². The summed E-state index contributed by atoms with van der Waals surface area (Å²) in [5.74, 6) is -0.261. The van der Waals surface area contributed by atoms with Gasteiger partial charge in [-0.2, -0.15) is 4.31 Å². The molecule has 1 aliphatic rings. The Labute approximate surface area is 166 Å². The topological polar surface area (TPSA) is 66.5 Å². The third kappa shape index (κ3) is 4.36. The van der Waals surface area contributed by atoms with E-state index in [1.807, 2.05) is 19.1 Å². The van der Waals surface area contributed by atoms with E-state index in [9.17, 15) is 13.2 Å². The summed E-state index contributed by atoms with van der Waals surface area (Å²) < 4.78 is 28.2. The average Bonchev–Trinajstić information content (AvgIpc) is 3.06. The van der Waals surface area contributed by atoms with Crippen molar-refractivity contribution in [3.8, 4) is 0 Å². The Kier molecular flexibility index (Phi) is 6.17. The van der Waals surface area contributed by atoms with Crippen LogP contribution in [0.5, 0.6) is 0 Å². The first-order valence-electron chi connectivity index (χ1n) is 8.51. The Morgan fingerprint density at radius 1 is 1.19 bits per heavy atom. The fraction of sp³-hybridized carbons (Fsp3) is 0.389. The molecule has 2 aromatic rings. The molecule has 1 saturated heterocycles. The van der Waals surface area contributed by atoms with Crippen molar-refractivity contribution in [2.24, 2.45) is 0 Å². The van der Waals surface area contributed by atoms with Crippen LogP contribution in [0, 0.1) is 6.92 Å². The number of thiophene rings is 1. The van der Waals surface area contributed by atoms with Gasteiger partial charge in [0.1, 0.15) is 0 Å². The van der Waals surface area contributed by atoms with Gasteiger partial charge >= 0.3 is 0 Å². The summed E-state index contributed by atoms with van der Waals surface area (Å²) in [5, 5.41) is 2.87. The molecule has 0 radical (unpaired) electrons. The monoisotopic (exact) mass is 456 g/mol. The van der Waals surface area contributed by atoms with E-state index < -0.39 is 10.0 Å². The van der Waals surface area contributed by atoms with Gasteiger partial charge in [0, 0.05) is 23.5 Å². The first kappa shape index (κ1) is 19.5. The van der Waals surface area contributed by atoms with E-state index in [1.54, 1.807) is 23.5 Å². The highest BCUT2D eigenvalue weighted by atomic mass is 79.9. The van der Waals surface area contributed by atoms with Crippen LogP contribution in [-0.4, -0.2) is 31.7 Å². The van der Waals surface area contributed by atoms with Crippen molar-refractivity contribution in [1.29, 1.82) is 0 Å². The highest BCUT2D eigenvalue weighted by Crippen LogP contribution is 2.24. The summed E-state index contributed by atoms with van der Waals surface area (Å²) >= 11 is 4.95. The minimum atomic E-state index is -3.55. The number of benzene rings is 1. The first-order valence-corrected chi connectivity index (χ1v) is 11.6. The zero-order valence-electron chi connectivity index (χ0n) is 14.5. The van der Waals surface area contributed by atoms with E-state index in [-0.39, 0.29) is 10.8 Å². The molecule has 1 aromatic heterocycles. The molecule has 1 aromatic carbocycles. The van der Waals surface area contributed by atoms with Crippen molar-refractivity contribution >= 4 is 43.2 Å². The van der Waals surface area contributed by atoms with Crippen molar-refractivity contribution in [2.45, 2.75) is 37.6 Å². The molecule has 0 unspecified atom stereocenters. The number of carbonyl (C=O) groups excluding carboxylic acids is 1. The van der Waals surface area contributed by atoms with Gasteiger partial charge in [-0.25, -0.2) is 8.42 Å². The van der Waals surface area contributed by atoms with Gasteiger partial charge in [-0.05, 0) is 65.5 Å². The predicted octanol–water partition coefficient (Wildman–Crippen LogP) is 3.92. The highest BCUT2D eigenvalue weighted by Gasteiger charge is 2.27. The smallest absolute Gasteiger partial charge is 0.251 e. The molecule has 1 fully saturated rings. The molecule has 8 heteroatoms. The molecule has 5 nitrogen and oxygen atoms in total. The Morgan fingerprint density at radius 2 is 1.92 bits per heavy atom. The molecular weight excluding hydrogens is 436 g/mol. The van der Waals surface area contributed by atoms with Crippen LogP contribution in [0.15, 0.2) is 39.0 Å². The lowest BCUT2D eigenvalue weighted by Gasteiger charge is -2.26. The van der Waals surface area contributed by atoms with Crippen LogP contribution < -0.4 is 5.32 Å². The number of hydrogen-bond donors (Lipinski definition) is 1. The number of halogens is 1. The second kappa shape index (κ2) is 8.21. The Bertz CT molecular complexity index is 903. The number of sulfonamides is 1. The molecule has 0 saturated carbocycles. The van der Waals surface area contributed by atoms with Gasteiger partial charge in [0.15, 0.2) is 0 Å². The minimum Gasteiger partial charge on any atom is -0.347 e. The maximum atomic E-state index is 12.8. The number of hydrogen-bond acceptors (Lipinski definition) is 4. The van der Waals surface area contributed by atoms with Crippen LogP contribution in [0.25, 0.3) is 0 Å². The molecule has 2 heterocycles. The SMILES string of the molecule is Cc1ccc(S(=O)(=O)N2CCCCC2)cc1C(=O)NCc1ccc(Br)s1. The average molecular weight is 457 g/mol. The lowest BCUT2D eigenvalue weighted by molar-refractivity contribution is 0.0950. The normalized spacial score (nSPS) is 15.8. The fourth-order valence-electron chi connectivity index (χ4n) is 2.97. The van der Waals surface area contributed by atoms with Crippen LogP contribution in [-0.2, 0) is 16.6 Å². The Hall–Kier alpha value is -1.22. The predicted molar refractivity (Wildman–Crippen MR) is 107 cm³/mol. The van der Waals surface area contributed by atoms with Gasteiger partial charge in [-0.1, -0.05) is 12.5 Å². The number of nitrogens with one attached hydrogen (secondary N) is 1. The summed E-state index contributed by atoms with van der Waals surface area (Å²) in [4.78, 5) is 13.8. The Morgan fingerprint density at radius 3 is 2.58 bits per heavy atom. The fourth-order valence-corrected chi connectivity index (χ4v) is 5.94. The standard InChI is InChI=1S/C18H21BrN2O3S2/c1-13-5-7-15(26(23,24)21-9-3-2-4-10-21)11-16(13)18(22)20-12-14-6-8-17(19)25-14/h5-8,11H,2-4,9-10,12H2,1H3,(H,20,22). The quantitative estimate of drug-likeness (QED) is 0.740. The number of carbonyl (C=O) groups is 1. The summed E-state index contributed by atoms with van der Waals surface area (Å²) in [6.45, 7) is 3.32. The number of rotatable bonds is 5. The van der Waals surface area contributed by atoms with E-state index in [1.165, 1.54) is 10.4 Å². The number of nitrogens with zero attached hydrogens (tertiary/aromatic N) is 1. The molecule has 0 bridgehead atoms. The molecule has 1 amide bonds. The van der Waals surface area contributed by atoms with Crippen molar-refractivity contribution in [3.63, 3.8) is 0 Å². The number of aryl methyl sites for hydroxylation is 1. The summed E-state index contributed by atoms with van der Waals surface area (Å²) in [5.41, 5.74) is 1.16. The van der Waals surface area contributed by atoms with Crippen LogP contribution in [0.2, 0.25) is 0 Å². The van der Waals surface area contributed by atoms with Gasteiger partial charge in [-0.15, -0.1) is 11.3 Å². The zero-order valence-corrected chi connectivity index (χ0v) is 17.7. The minimum absolute atomic E-state index is 0.189. The highest BCUT2D eigenvalue weighted by molar-refractivity contribution is 9.11. The van der Waals surface area contributed by atoms with E-state index in [0.29, 0.717) is 25.2 Å². The van der Waals surface area contributed by atoms with Crippen LogP contribution >= 0.6 is 27.3 Å².